The maximum Gasteiger partial charge on any atom is 0.275 e. The Morgan fingerprint density at radius 3 is 2.50 bits per heavy atom. The Kier molecular flexibility index (Phi) is 4.61. The van der Waals surface area contributed by atoms with Crippen molar-refractivity contribution in [3.05, 3.63) is 45.3 Å². The molecule has 1 heterocycles. The lowest BCUT2D eigenvalue weighted by atomic mass is 10.3. The number of hydrogen-bond donors (Lipinski definition) is 3. The predicted molar refractivity (Wildman–Crippen MR) is 79.3 cm³/mol. The Bertz CT molecular complexity index is 665. The van der Waals surface area contributed by atoms with Crippen LogP contribution in [0.3, 0.4) is 0 Å². The number of nitrogens with two attached hydrogens (primary N) is 1. The van der Waals surface area contributed by atoms with Crippen LogP contribution in [0.25, 0.3) is 0 Å². The predicted octanol–water partition coefficient (Wildman–Crippen LogP) is 2.97. The van der Waals surface area contributed by atoms with Crippen molar-refractivity contribution in [1.82, 2.24) is 9.97 Å². The van der Waals surface area contributed by atoms with Gasteiger partial charge in [-0.2, -0.15) is 0 Å². The van der Waals surface area contributed by atoms with Gasteiger partial charge in [0.05, 0.1) is 33.1 Å². The first-order valence-corrected chi connectivity index (χ1v) is 6.39. The van der Waals surface area contributed by atoms with Crippen molar-refractivity contribution in [2.24, 2.45) is 5.84 Å². The smallest absolute Gasteiger partial charge is 0.275 e. The van der Waals surface area contributed by atoms with E-state index < -0.39 is 5.91 Å². The summed E-state index contributed by atoms with van der Waals surface area (Å²) in [5.41, 5.74) is 2.69. The molecule has 1 amide bonds. The van der Waals surface area contributed by atoms with Gasteiger partial charge in [-0.05, 0) is 12.1 Å². The Balaban J connectivity index is 2.25. The SMILES string of the molecule is NNc1cncc(C(=O)Nc2cc(Cl)c(Cl)cc2Cl)n1. The summed E-state index contributed by atoms with van der Waals surface area (Å²) in [7, 11) is 0. The van der Waals surface area contributed by atoms with E-state index in [1.165, 1.54) is 24.5 Å². The van der Waals surface area contributed by atoms with E-state index in [2.05, 4.69) is 20.7 Å². The molecule has 2 rings (SSSR count). The van der Waals surface area contributed by atoms with E-state index >= 15 is 0 Å². The Hall–Kier alpha value is -1.60. The van der Waals surface area contributed by atoms with Gasteiger partial charge >= 0.3 is 0 Å². The van der Waals surface area contributed by atoms with Gasteiger partial charge in [0.1, 0.15) is 5.69 Å². The zero-order valence-corrected chi connectivity index (χ0v) is 12.1. The number of hydrogen-bond acceptors (Lipinski definition) is 5. The first kappa shape index (κ1) is 14.8. The van der Waals surface area contributed by atoms with Crippen molar-refractivity contribution in [2.75, 3.05) is 10.7 Å². The fourth-order valence-electron chi connectivity index (χ4n) is 1.35. The quantitative estimate of drug-likeness (QED) is 0.456. The molecule has 4 N–H and O–H groups in total. The van der Waals surface area contributed by atoms with Crippen LogP contribution in [0.1, 0.15) is 10.5 Å². The fourth-order valence-corrected chi connectivity index (χ4v) is 1.94. The van der Waals surface area contributed by atoms with Crippen LogP contribution in [0.15, 0.2) is 24.5 Å². The zero-order valence-electron chi connectivity index (χ0n) is 9.82. The second kappa shape index (κ2) is 6.23. The van der Waals surface area contributed by atoms with Crippen LogP contribution < -0.4 is 16.6 Å². The number of halogens is 3. The molecule has 2 aromatic rings. The van der Waals surface area contributed by atoms with Gasteiger partial charge in [-0.15, -0.1) is 0 Å². The summed E-state index contributed by atoms with van der Waals surface area (Å²) in [4.78, 5) is 19.8. The van der Waals surface area contributed by atoms with Crippen molar-refractivity contribution in [1.29, 1.82) is 0 Å². The average molecular weight is 333 g/mol. The van der Waals surface area contributed by atoms with Gasteiger partial charge in [-0.25, -0.2) is 10.8 Å². The van der Waals surface area contributed by atoms with E-state index in [0.29, 0.717) is 10.7 Å². The third-order valence-corrected chi connectivity index (χ3v) is 3.31. The summed E-state index contributed by atoms with van der Waals surface area (Å²) in [6, 6.07) is 2.88. The normalized spacial score (nSPS) is 10.2. The standard InChI is InChI=1S/C11H8Cl3N5O/c12-5-1-7(14)8(2-6(5)13)18-11(20)9-3-16-4-10(17-9)19-15/h1-4H,15H2,(H,17,19)(H,18,20). The molecule has 0 aliphatic rings. The molecule has 0 radical (unpaired) electrons. The Morgan fingerprint density at radius 2 is 1.80 bits per heavy atom. The minimum Gasteiger partial charge on any atom is -0.319 e. The lowest BCUT2D eigenvalue weighted by Gasteiger charge is -2.08. The maximum atomic E-state index is 12.0. The van der Waals surface area contributed by atoms with Crippen molar-refractivity contribution >= 4 is 52.2 Å². The van der Waals surface area contributed by atoms with E-state index in [9.17, 15) is 4.79 Å². The third-order valence-electron chi connectivity index (χ3n) is 2.27. The van der Waals surface area contributed by atoms with Gasteiger partial charge in [0.15, 0.2) is 5.82 Å². The van der Waals surface area contributed by atoms with Crippen LogP contribution in [0, 0.1) is 0 Å². The number of amides is 1. The maximum absolute atomic E-state index is 12.0. The number of aromatic nitrogens is 2. The molecule has 0 saturated heterocycles. The van der Waals surface area contributed by atoms with Crippen molar-refractivity contribution < 1.29 is 4.79 Å². The van der Waals surface area contributed by atoms with E-state index in [0.717, 1.165) is 0 Å². The van der Waals surface area contributed by atoms with Crippen molar-refractivity contribution in [3.63, 3.8) is 0 Å². The van der Waals surface area contributed by atoms with E-state index in [-0.39, 0.29) is 21.6 Å². The number of hydrazine groups is 1. The van der Waals surface area contributed by atoms with Crippen molar-refractivity contribution in [3.8, 4) is 0 Å². The largest absolute Gasteiger partial charge is 0.319 e. The molecule has 0 bridgehead atoms. The van der Waals surface area contributed by atoms with Crippen LogP contribution >= 0.6 is 34.8 Å². The van der Waals surface area contributed by atoms with Crippen LogP contribution in [0.4, 0.5) is 11.5 Å². The van der Waals surface area contributed by atoms with Crippen LogP contribution in [0.2, 0.25) is 15.1 Å². The topological polar surface area (TPSA) is 92.9 Å². The molecule has 0 fully saturated rings. The number of anilines is 2. The lowest BCUT2D eigenvalue weighted by Crippen LogP contribution is -2.17. The second-order valence-corrected chi connectivity index (χ2v) is 4.86. The molecule has 0 aliphatic carbocycles. The first-order valence-electron chi connectivity index (χ1n) is 5.26. The third kappa shape index (κ3) is 3.29. The molecule has 0 spiro atoms. The summed E-state index contributed by atoms with van der Waals surface area (Å²) < 4.78 is 0. The van der Waals surface area contributed by atoms with E-state index in [1.807, 2.05) is 0 Å². The number of nitrogens with one attached hydrogen (secondary N) is 2. The van der Waals surface area contributed by atoms with Crippen LogP contribution in [-0.4, -0.2) is 15.9 Å². The molecule has 0 unspecified atom stereocenters. The molecular weight excluding hydrogens is 325 g/mol. The number of benzene rings is 1. The first-order chi connectivity index (χ1) is 9.51. The molecular formula is C11H8Cl3N5O. The number of nitrogen functional groups attached to an aromatic ring is 1. The average Bonchev–Trinajstić information content (AvgIpc) is 2.44. The van der Waals surface area contributed by atoms with E-state index in [4.69, 9.17) is 40.6 Å². The minimum atomic E-state index is -0.505. The summed E-state index contributed by atoms with van der Waals surface area (Å²) in [6.45, 7) is 0. The van der Waals surface area contributed by atoms with Crippen LogP contribution in [-0.2, 0) is 0 Å². The van der Waals surface area contributed by atoms with Gasteiger partial charge < -0.3 is 10.7 Å². The Labute approximate surface area is 129 Å². The highest BCUT2D eigenvalue weighted by Crippen LogP contribution is 2.32. The number of carbonyl (C=O) groups is 1. The highest BCUT2D eigenvalue weighted by Gasteiger charge is 2.13. The highest BCUT2D eigenvalue weighted by atomic mass is 35.5. The van der Waals surface area contributed by atoms with Crippen LogP contribution in [0.5, 0.6) is 0 Å². The molecule has 1 aromatic carbocycles. The van der Waals surface area contributed by atoms with Gasteiger partial charge in [0.25, 0.3) is 5.91 Å². The van der Waals surface area contributed by atoms with Gasteiger partial charge in [-0.1, -0.05) is 34.8 Å². The molecule has 9 heteroatoms. The summed E-state index contributed by atoms with van der Waals surface area (Å²) >= 11 is 17.6. The molecule has 0 atom stereocenters. The zero-order chi connectivity index (χ0) is 14.7. The molecule has 6 nitrogen and oxygen atoms in total. The van der Waals surface area contributed by atoms with Gasteiger partial charge in [0.2, 0.25) is 0 Å². The summed E-state index contributed by atoms with van der Waals surface area (Å²) in [5.74, 6) is 4.95. The monoisotopic (exact) mass is 331 g/mol. The highest BCUT2D eigenvalue weighted by molar-refractivity contribution is 6.44. The lowest BCUT2D eigenvalue weighted by molar-refractivity contribution is 0.102. The van der Waals surface area contributed by atoms with Crippen molar-refractivity contribution in [2.45, 2.75) is 0 Å². The second-order valence-electron chi connectivity index (χ2n) is 3.63. The molecule has 0 saturated carbocycles. The molecule has 1 aromatic heterocycles. The number of carbonyl (C=O) groups excluding carboxylic acids is 1. The molecule has 0 aliphatic heterocycles. The number of nitrogens with zero attached hydrogens (tertiary/aromatic N) is 2. The molecule has 104 valence electrons. The van der Waals surface area contributed by atoms with Gasteiger partial charge in [-0.3, -0.25) is 9.78 Å². The fraction of sp³-hybridized carbons (Fsp3) is 0. The number of rotatable bonds is 3. The van der Waals surface area contributed by atoms with E-state index in [1.54, 1.807) is 0 Å². The summed E-state index contributed by atoms with van der Waals surface area (Å²) in [5, 5.41) is 3.39. The Morgan fingerprint density at radius 1 is 1.10 bits per heavy atom. The summed E-state index contributed by atoms with van der Waals surface area (Å²) in [6.07, 6.45) is 2.67. The molecule has 20 heavy (non-hydrogen) atoms. The van der Waals surface area contributed by atoms with Gasteiger partial charge in [0, 0.05) is 0 Å². The minimum absolute atomic E-state index is 0.0718.